The van der Waals surface area contributed by atoms with E-state index in [9.17, 15) is 5.11 Å². The number of hydrogen-bond donors (Lipinski definition) is 1. The number of aliphatic hydroxyl groups excluding tert-OH is 1. The number of nitrogens with zero attached hydrogens (tertiary/aromatic N) is 3. The minimum Gasteiger partial charge on any atom is -0.391 e. The van der Waals surface area contributed by atoms with E-state index in [2.05, 4.69) is 40.3 Å². The molecule has 4 rings (SSSR count). The van der Waals surface area contributed by atoms with Gasteiger partial charge >= 0.3 is 0 Å². The first-order valence-corrected chi connectivity index (χ1v) is 8.73. The lowest BCUT2D eigenvalue weighted by atomic mass is 9.77. The van der Waals surface area contributed by atoms with Gasteiger partial charge in [-0.05, 0) is 42.7 Å². The molecule has 0 radical (unpaired) electrons. The molecular weight excluding hydrogens is 286 g/mol. The molecule has 4 heteroatoms. The first-order valence-electron chi connectivity index (χ1n) is 8.73. The van der Waals surface area contributed by atoms with Gasteiger partial charge in [-0.2, -0.15) is 5.10 Å². The number of rotatable bonds is 4. The van der Waals surface area contributed by atoms with Crippen LogP contribution in [-0.4, -0.2) is 45.5 Å². The summed E-state index contributed by atoms with van der Waals surface area (Å²) in [7, 11) is 0. The van der Waals surface area contributed by atoms with Crippen molar-refractivity contribution in [2.75, 3.05) is 19.6 Å². The van der Waals surface area contributed by atoms with E-state index < -0.39 is 0 Å². The summed E-state index contributed by atoms with van der Waals surface area (Å²) in [5.74, 6) is 1.34. The van der Waals surface area contributed by atoms with Gasteiger partial charge in [-0.3, -0.25) is 4.68 Å². The second kappa shape index (κ2) is 6.46. The van der Waals surface area contributed by atoms with Gasteiger partial charge in [0.1, 0.15) is 0 Å². The molecule has 122 valence electrons. The zero-order chi connectivity index (χ0) is 15.6. The zero-order valence-corrected chi connectivity index (χ0v) is 13.5. The fourth-order valence-corrected chi connectivity index (χ4v) is 4.38. The van der Waals surface area contributed by atoms with E-state index in [4.69, 9.17) is 0 Å². The molecule has 4 atom stereocenters. The molecule has 2 aromatic rings. The smallest absolute Gasteiger partial charge is 0.0781 e. The molecule has 1 aromatic heterocycles. The van der Waals surface area contributed by atoms with Crippen LogP contribution in [0.4, 0.5) is 0 Å². The van der Waals surface area contributed by atoms with E-state index in [1.54, 1.807) is 6.20 Å². The maximum Gasteiger partial charge on any atom is 0.0781 e. The summed E-state index contributed by atoms with van der Waals surface area (Å²) in [5, 5.41) is 14.8. The van der Waals surface area contributed by atoms with Gasteiger partial charge < -0.3 is 10.0 Å². The molecule has 0 amide bonds. The lowest BCUT2D eigenvalue weighted by Gasteiger charge is -2.35. The Labute approximate surface area is 137 Å². The van der Waals surface area contributed by atoms with Crippen LogP contribution in [0.1, 0.15) is 24.4 Å². The van der Waals surface area contributed by atoms with Crippen LogP contribution in [0.25, 0.3) is 0 Å². The first kappa shape index (κ1) is 14.9. The lowest BCUT2D eigenvalue weighted by molar-refractivity contribution is 0.0306. The molecule has 23 heavy (non-hydrogen) atoms. The van der Waals surface area contributed by atoms with Crippen LogP contribution in [0.5, 0.6) is 0 Å². The highest BCUT2D eigenvalue weighted by Crippen LogP contribution is 2.41. The van der Waals surface area contributed by atoms with E-state index in [-0.39, 0.29) is 12.1 Å². The molecule has 1 saturated carbocycles. The largest absolute Gasteiger partial charge is 0.391 e. The van der Waals surface area contributed by atoms with Crippen LogP contribution in [0.15, 0.2) is 48.8 Å². The molecule has 0 bridgehead atoms. The van der Waals surface area contributed by atoms with Crippen LogP contribution >= 0.6 is 0 Å². The average Bonchev–Trinajstić information content (AvgIpc) is 3.22. The Morgan fingerprint density at radius 3 is 2.57 bits per heavy atom. The van der Waals surface area contributed by atoms with Crippen LogP contribution in [0.2, 0.25) is 0 Å². The van der Waals surface area contributed by atoms with Crippen molar-refractivity contribution in [1.82, 2.24) is 14.7 Å². The Bertz CT molecular complexity index is 613. The van der Waals surface area contributed by atoms with Crippen molar-refractivity contribution in [2.24, 2.45) is 11.8 Å². The summed E-state index contributed by atoms with van der Waals surface area (Å²) in [5.41, 5.74) is 1.41. The fraction of sp³-hybridized carbons (Fsp3) is 0.526. The van der Waals surface area contributed by atoms with Gasteiger partial charge in [0.25, 0.3) is 0 Å². The highest BCUT2D eigenvalue weighted by molar-refractivity contribution is 5.15. The molecule has 1 N–H and O–H groups in total. The zero-order valence-electron chi connectivity index (χ0n) is 13.5. The minimum atomic E-state index is -0.259. The molecule has 0 unspecified atom stereocenters. The quantitative estimate of drug-likeness (QED) is 0.942. The Kier molecular flexibility index (Phi) is 4.19. The molecule has 4 nitrogen and oxygen atoms in total. The van der Waals surface area contributed by atoms with Crippen molar-refractivity contribution in [3.05, 3.63) is 54.4 Å². The lowest BCUT2D eigenvalue weighted by Crippen LogP contribution is -2.36. The maximum atomic E-state index is 10.5. The predicted molar refractivity (Wildman–Crippen MR) is 90.1 cm³/mol. The normalized spacial score (nSPS) is 31.2. The van der Waals surface area contributed by atoms with Gasteiger partial charge in [0.05, 0.1) is 12.1 Å². The average molecular weight is 311 g/mol. The number of benzene rings is 1. The molecular formula is C19H25N3O. The number of aromatic nitrogens is 2. The molecule has 1 aromatic carbocycles. The van der Waals surface area contributed by atoms with Crippen molar-refractivity contribution < 1.29 is 5.11 Å². The van der Waals surface area contributed by atoms with E-state index in [1.807, 2.05) is 16.9 Å². The van der Waals surface area contributed by atoms with Gasteiger partial charge in [0.15, 0.2) is 0 Å². The topological polar surface area (TPSA) is 41.3 Å². The highest BCUT2D eigenvalue weighted by Gasteiger charge is 2.42. The Morgan fingerprint density at radius 1 is 1.04 bits per heavy atom. The van der Waals surface area contributed by atoms with Crippen molar-refractivity contribution >= 4 is 0 Å². The van der Waals surface area contributed by atoms with Gasteiger partial charge in [0.2, 0.25) is 0 Å². The van der Waals surface area contributed by atoms with Gasteiger partial charge in [-0.1, -0.05) is 30.3 Å². The summed E-state index contributed by atoms with van der Waals surface area (Å²) in [6, 6.07) is 12.8. The van der Waals surface area contributed by atoms with Crippen molar-refractivity contribution in [2.45, 2.75) is 31.4 Å². The van der Waals surface area contributed by atoms with E-state index in [1.165, 1.54) is 12.1 Å². The number of fused-ring (bicyclic) bond motifs is 1. The van der Waals surface area contributed by atoms with Gasteiger partial charge in [-0.25, -0.2) is 0 Å². The summed E-state index contributed by atoms with van der Waals surface area (Å²) in [6.45, 7) is 3.43. The van der Waals surface area contributed by atoms with Crippen LogP contribution in [-0.2, 0) is 6.42 Å². The first-order chi connectivity index (χ1) is 11.3. The monoisotopic (exact) mass is 311 g/mol. The second-order valence-corrected chi connectivity index (χ2v) is 7.11. The van der Waals surface area contributed by atoms with Gasteiger partial charge in [0, 0.05) is 32.0 Å². The van der Waals surface area contributed by atoms with Crippen LogP contribution in [0, 0.1) is 11.8 Å². The summed E-state index contributed by atoms with van der Waals surface area (Å²) in [6.07, 6.45) is 6.61. The fourth-order valence-electron chi connectivity index (χ4n) is 4.38. The summed E-state index contributed by atoms with van der Waals surface area (Å²) in [4.78, 5) is 2.58. The van der Waals surface area contributed by atoms with E-state index in [0.29, 0.717) is 11.8 Å². The molecule has 2 heterocycles. The third kappa shape index (κ3) is 3.19. The molecule has 0 spiro atoms. The van der Waals surface area contributed by atoms with Crippen molar-refractivity contribution in [1.29, 1.82) is 0 Å². The summed E-state index contributed by atoms with van der Waals surface area (Å²) >= 11 is 0. The standard InChI is InChI=1S/C19H25N3O/c23-19-12-17-14-21(10-7-15-5-2-1-3-6-15)13-16(17)11-18(19)22-9-4-8-20-22/h1-6,8-9,16-19,23H,7,10-14H2/t16-,17+,18-,19-/m0/s1. The second-order valence-electron chi connectivity index (χ2n) is 7.11. The third-order valence-electron chi connectivity index (χ3n) is 5.61. The Balaban J connectivity index is 1.36. The van der Waals surface area contributed by atoms with E-state index in [0.717, 1.165) is 32.4 Å². The molecule has 1 aliphatic carbocycles. The van der Waals surface area contributed by atoms with E-state index >= 15 is 0 Å². The predicted octanol–water partition coefficient (Wildman–Crippen LogP) is 2.37. The molecule has 2 aliphatic rings. The SMILES string of the molecule is O[C@H]1C[C@@H]2CN(CCc3ccccc3)C[C@@H]2C[C@@H]1n1cccn1. The Morgan fingerprint density at radius 2 is 1.83 bits per heavy atom. The Hall–Kier alpha value is -1.65. The number of hydrogen-bond acceptors (Lipinski definition) is 3. The molecule has 1 saturated heterocycles. The van der Waals surface area contributed by atoms with Crippen LogP contribution in [0.3, 0.4) is 0 Å². The number of aliphatic hydroxyl groups is 1. The van der Waals surface area contributed by atoms with Crippen LogP contribution < -0.4 is 0 Å². The molecule has 2 fully saturated rings. The third-order valence-corrected chi connectivity index (χ3v) is 5.61. The molecule has 1 aliphatic heterocycles. The van der Waals surface area contributed by atoms with Gasteiger partial charge in [-0.15, -0.1) is 0 Å². The number of likely N-dealkylation sites (tertiary alicyclic amines) is 1. The summed E-state index contributed by atoms with van der Waals surface area (Å²) < 4.78 is 1.95. The highest BCUT2D eigenvalue weighted by atomic mass is 16.3. The maximum absolute atomic E-state index is 10.5. The minimum absolute atomic E-state index is 0.153. The van der Waals surface area contributed by atoms with Crippen molar-refractivity contribution in [3.8, 4) is 0 Å². The van der Waals surface area contributed by atoms with Crippen molar-refractivity contribution in [3.63, 3.8) is 0 Å².